The first kappa shape index (κ1) is 14.7. The van der Waals surface area contributed by atoms with E-state index in [0.717, 1.165) is 11.1 Å². The van der Waals surface area contributed by atoms with E-state index in [1.54, 1.807) is 6.07 Å². The number of hydrogen-bond donors (Lipinski definition) is 1. The molecule has 1 N–H and O–H groups in total. The van der Waals surface area contributed by atoms with Gasteiger partial charge in [0, 0.05) is 11.8 Å². The number of carboxylic acids is 1. The number of aryl methyl sites for hydroxylation is 1. The Morgan fingerprint density at radius 3 is 2.43 bits per heavy atom. The molecular formula is C18H14N2O3. The molecule has 0 atom stereocenters. The third-order valence-electron chi connectivity index (χ3n) is 3.32. The van der Waals surface area contributed by atoms with Gasteiger partial charge in [-0.3, -0.25) is 0 Å². The number of para-hydroxylation sites is 1. The highest BCUT2D eigenvalue weighted by atomic mass is 16.5. The van der Waals surface area contributed by atoms with E-state index < -0.39 is 5.97 Å². The molecule has 3 aromatic rings. The summed E-state index contributed by atoms with van der Waals surface area (Å²) in [6, 6.07) is 16.7. The molecule has 5 heteroatoms. The predicted molar refractivity (Wildman–Crippen MR) is 85.7 cm³/mol. The van der Waals surface area contributed by atoms with Gasteiger partial charge in [-0.15, -0.1) is 0 Å². The average Bonchev–Trinajstić information content (AvgIpc) is 2.57. The number of rotatable bonds is 4. The van der Waals surface area contributed by atoms with Gasteiger partial charge in [0.2, 0.25) is 5.88 Å². The lowest BCUT2D eigenvalue weighted by Crippen LogP contribution is -2.05. The second-order valence-corrected chi connectivity index (χ2v) is 4.95. The maximum atomic E-state index is 11.4. The standard InChI is InChI=1S/C18H14N2O3/c1-12-7-5-6-10-15(12)23-17-14(18(21)22)11-19-16(20-17)13-8-3-2-4-9-13/h2-11H,1H3,(H,21,22). The van der Waals surface area contributed by atoms with Crippen molar-refractivity contribution in [2.75, 3.05) is 0 Å². The Morgan fingerprint density at radius 2 is 1.74 bits per heavy atom. The molecule has 1 aromatic heterocycles. The average molecular weight is 306 g/mol. The van der Waals surface area contributed by atoms with Gasteiger partial charge >= 0.3 is 5.97 Å². The van der Waals surface area contributed by atoms with Crippen LogP contribution in [0.1, 0.15) is 15.9 Å². The maximum Gasteiger partial charge on any atom is 0.342 e. The first-order valence-electron chi connectivity index (χ1n) is 7.04. The Labute approximate surface area is 133 Å². The molecule has 114 valence electrons. The normalized spacial score (nSPS) is 10.3. The number of benzene rings is 2. The molecular weight excluding hydrogens is 292 g/mol. The first-order chi connectivity index (χ1) is 11.1. The van der Waals surface area contributed by atoms with Crippen molar-refractivity contribution in [2.45, 2.75) is 6.92 Å². The summed E-state index contributed by atoms with van der Waals surface area (Å²) in [4.78, 5) is 19.8. The Bertz CT molecular complexity index is 848. The van der Waals surface area contributed by atoms with Crippen molar-refractivity contribution < 1.29 is 14.6 Å². The van der Waals surface area contributed by atoms with Gasteiger partial charge in [-0.2, -0.15) is 4.98 Å². The lowest BCUT2D eigenvalue weighted by molar-refractivity contribution is 0.0693. The summed E-state index contributed by atoms with van der Waals surface area (Å²) in [5, 5.41) is 9.31. The minimum atomic E-state index is -1.13. The summed E-state index contributed by atoms with van der Waals surface area (Å²) in [6.07, 6.45) is 1.27. The van der Waals surface area contributed by atoms with Gasteiger partial charge < -0.3 is 9.84 Å². The molecule has 2 aromatic carbocycles. The van der Waals surface area contributed by atoms with Gasteiger partial charge in [0.25, 0.3) is 0 Å². The van der Waals surface area contributed by atoms with Gasteiger partial charge in [0.1, 0.15) is 11.3 Å². The number of aromatic nitrogens is 2. The summed E-state index contributed by atoms with van der Waals surface area (Å²) in [7, 11) is 0. The van der Waals surface area contributed by atoms with E-state index in [0.29, 0.717) is 11.6 Å². The van der Waals surface area contributed by atoms with Crippen LogP contribution in [-0.4, -0.2) is 21.0 Å². The van der Waals surface area contributed by atoms with Crippen LogP contribution in [-0.2, 0) is 0 Å². The zero-order valence-electron chi connectivity index (χ0n) is 12.4. The summed E-state index contributed by atoms with van der Waals surface area (Å²) in [5.74, 6) is -0.124. The molecule has 0 amide bonds. The molecule has 1 heterocycles. The third kappa shape index (κ3) is 3.18. The van der Waals surface area contributed by atoms with Crippen LogP contribution in [0.3, 0.4) is 0 Å². The molecule has 0 spiro atoms. The topological polar surface area (TPSA) is 72.3 Å². The Kier molecular flexibility index (Phi) is 4.01. The quantitative estimate of drug-likeness (QED) is 0.790. The number of carboxylic acid groups (broad SMARTS) is 1. The second kappa shape index (κ2) is 6.27. The minimum Gasteiger partial charge on any atom is -0.477 e. The van der Waals surface area contributed by atoms with Crippen molar-refractivity contribution >= 4 is 5.97 Å². The van der Waals surface area contributed by atoms with E-state index >= 15 is 0 Å². The van der Waals surface area contributed by atoms with Crippen LogP contribution in [0.5, 0.6) is 11.6 Å². The highest BCUT2D eigenvalue weighted by molar-refractivity contribution is 5.90. The molecule has 0 bridgehead atoms. The monoisotopic (exact) mass is 306 g/mol. The van der Waals surface area contributed by atoms with Crippen molar-refractivity contribution in [1.82, 2.24) is 9.97 Å². The molecule has 0 fully saturated rings. The molecule has 5 nitrogen and oxygen atoms in total. The molecule has 23 heavy (non-hydrogen) atoms. The van der Waals surface area contributed by atoms with Gasteiger partial charge in [-0.25, -0.2) is 9.78 Å². The molecule has 0 aliphatic carbocycles. The molecule has 0 radical (unpaired) electrons. The van der Waals surface area contributed by atoms with Gasteiger partial charge in [0.15, 0.2) is 5.82 Å². The fraction of sp³-hybridized carbons (Fsp3) is 0.0556. The maximum absolute atomic E-state index is 11.4. The van der Waals surface area contributed by atoms with Gasteiger partial charge in [0.05, 0.1) is 0 Å². The molecule has 0 saturated heterocycles. The van der Waals surface area contributed by atoms with Crippen LogP contribution >= 0.6 is 0 Å². The van der Waals surface area contributed by atoms with Gasteiger partial charge in [-0.1, -0.05) is 48.5 Å². The third-order valence-corrected chi connectivity index (χ3v) is 3.32. The van der Waals surface area contributed by atoms with Crippen LogP contribution < -0.4 is 4.74 Å². The minimum absolute atomic E-state index is 0.0284. The van der Waals surface area contributed by atoms with E-state index in [9.17, 15) is 9.90 Å². The summed E-state index contributed by atoms with van der Waals surface area (Å²) in [5.41, 5.74) is 1.61. The zero-order valence-corrected chi connectivity index (χ0v) is 12.4. The number of nitrogens with zero attached hydrogens (tertiary/aromatic N) is 2. The Hall–Kier alpha value is -3.21. The molecule has 0 saturated carbocycles. The van der Waals surface area contributed by atoms with Gasteiger partial charge in [-0.05, 0) is 18.6 Å². The predicted octanol–water partition coefficient (Wildman–Crippen LogP) is 3.94. The highest BCUT2D eigenvalue weighted by Crippen LogP contribution is 2.27. The Morgan fingerprint density at radius 1 is 1.04 bits per heavy atom. The molecule has 0 aliphatic rings. The molecule has 0 unspecified atom stereocenters. The second-order valence-electron chi connectivity index (χ2n) is 4.95. The van der Waals surface area contributed by atoms with Crippen molar-refractivity contribution in [3.8, 4) is 23.0 Å². The highest BCUT2D eigenvalue weighted by Gasteiger charge is 2.17. The van der Waals surface area contributed by atoms with Crippen LogP contribution in [0, 0.1) is 6.92 Å². The fourth-order valence-electron chi connectivity index (χ4n) is 2.09. The van der Waals surface area contributed by atoms with E-state index in [4.69, 9.17) is 4.74 Å². The number of ether oxygens (including phenoxy) is 1. The van der Waals surface area contributed by atoms with Crippen LogP contribution in [0.25, 0.3) is 11.4 Å². The van der Waals surface area contributed by atoms with E-state index in [2.05, 4.69) is 9.97 Å². The summed E-state index contributed by atoms with van der Waals surface area (Å²) < 4.78 is 5.73. The summed E-state index contributed by atoms with van der Waals surface area (Å²) >= 11 is 0. The van der Waals surface area contributed by atoms with Crippen molar-refractivity contribution in [3.05, 3.63) is 71.9 Å². The largest absolute Gasteiger partial charge is 0.477 e. The zero-order chi connectivity index (χ0) is 16.2. The SMILES string of the molecule is Cc1ccccc1Oc1nc(-c2ccccc2)ncc1C(=O)O. The smallest absolute Gasteiger partial charge is 0.342 e. The van der Waals surface area contributed by atoms with Crippen LogP contribution in [0.2, 0.25) is 0 Å². The van der Waals surface area contributed by atoms with Crippen LogP contribution in [0.15, 0.2) is 60.8 Å². The molecule has 0 aliphatic heterocycles. The Balaban J connectivity index is 2.06. The van der Waals surface area contributed by atoms with Crippen molar-refractivity contribution in [3.63, 3.8) is 0 Å². The number of aromatic carboxylic acids is 1. The number of hydrogen-bond acceptors (Lipinski definition) is 4. The first-order valence-corrected chi connectivity index (χ1v) is 7.04. The summed E-state index contributed by atoms with van der Waals surface area (Å²) in [6.45, 7) is 1.88. The van der Waals surface area contributed by atoms with E-state index in [1.165, 1.54) is 6.20 Å². The van der Waals surface area contributed by atoms with E-state index in [1.807, 2.05) is 55.5 Å². The van der Waals surface area contributed by atoms with Crippen molar-refractivity contribution in [1.29, 1.82) is 0 Å². The number of carbonyl (C=O) groups is 1. The van der Waals surface area contributed by atoms with Crippen LogP contribution in [0.4, 0.5) is 0 Å². The fourth-order valence-corrected chi connectivity index (χ4v) is 2.09. The lowest BCUT2D eigenvalue weighted by Gasteiger charge is -2.11. The van der Waals surface area contributed by atoms with Crippen molar-refractivity contribution in [2.24, 2.45) is 0 Å². The molecule has 3 rings (SSSR count). The lowest BCUT2D eigenvalue weighted by atomic mass is 10.2. The van der Waals surface area contributed by atoms with E-state index in [-0.39, 0.29) is 11.4 Å².